The Morgan fingerprint density at radius 3 is 2.56 bits per heavy atom. The summed E-state index contributed by atoms with van der Waals surface area (Å²) < 4.78 is 15.6. The minimum atomic E-state index is -0.349. The molecule has 18 heavy (non-hydrogen) atoms. The Kier molecular flexibility index (Phi) is 6.53. The molecule has 1 aliphatic rings. The van der Waals surface area contributed by atoms with Crippen molar-refractivity contribution in [2.24, 2.45) is 0 Å². The fourth-order valence-corrected chi connectivity index (χ4v) is 1.65. The van der Waals surface area contributed by atoms with Gasteiger partial charge in [0.2, 0.25) is 0 Å². The van der Waals surface area contributed by atoms with E-state index in [0.29, 0.717) is 26.4 Å². The molecule has 0 saturated heterocycles. The number of hydrogen-bond acceptors (Lipinski definition) is 6. The van der Waals surface area contributed by atoms with Crippen LogP contribution in [0.2, 0.25) is 0 Å². The van der Waals surface area contributed by atoms with E-state index in [0.717, 1.165) is 6.54 Å². The monoisotopic (exact) mass is 258 g/mol. The van der Waals surface area contributed by atoms with Crippen LogP contribution in [0.25, 0.3) is 0 Å². The maximum absolute atomic E-state index is 11.1. The van der Waals surface area contributed by atoms with E-state index < -0.39 is 0 Å². The summed E-state index contributed by atoms with van der Waals surface area (Å²) in [7, 11) is 1.64. The number of esters is 1. The molecule has 6 heteroatoms. The third-order valence-corrected chi connectivity index (χ3v) is 2.58. The van der Waals surface area contributed by atoms with Crippen LogP contribution in [0.3, 0.4) is 0 Å². The molecule has 6 nitrogen and oxygen atoms in total. The van der Waals surface area contributed by atoms with Gasteiger partial charge in [0.25, 0.3) is 6.35 Å². The van der Waals surface area contributed by atoms with Crippen LogP contribution in [-0.2, 0) is 19.0 Å². The summed E-state index contributed by atoms with van der Waals surface area (Å²) in [6.07, 6.45) is 3.48. The second-order valence-corrected chi connectivity index (χ2v) is 3.91. The molecule has 1 heterocycles. The van der Waals surface area contributed by atoms with Gasteiger partial charge in [-0.15, -0.1) is 0 Å². The normalized spacial score (nSPS) is 18.5. The van der Waals surface area contributed by atoms with Crippen LogP contribution in [0.5, 0.6) is 0 Å². The fraction of sp³-hybridized carbons (Fsp3) is 0.750. The van der Waals surface area contributed by atoms with E-state index in [4.69, 9.17) is 14.2 Å². The molecule has 0 N–H and O–H groups in total. The largest absolute Gasteiger partial charge is 0.423 e. The number of carbonyl (C=O) groups excluding carboxylic acids is 1. The number of nitrogens with zero attached hydrogens (tertiary/aromatic N) is 2. The lowest BCUT2D eigenvalue weighted by atomic mass is 10.5. The summed E-state index contributed by atoms with van der Waals surface area (Å²) in [5, 5.41) is 0. The van der Waals surface area contributed by atoms with Crippen LogP contribution in [-0.4, -0.2) is 62.1 Å². The topological polar surface area (TPSA) is 51.2 Å². The Morgan fingerprint density at radius 1 is 1.22 bits per heavy atom. The van der Waals surface area contributed by atoms with Gasteiger partial charge in [-0.05, 0) is 6.92 Å². The number of hydrogen-bond donors (Lipinski definition) is 0. The van der Waals surface area contributed by atoms with Gasteiger partial charge in [-0.1, -0.05) is 0 Å². The highest BCUT2D eigenvalue weighted by molar-refractivity contribution is 5.66. The van der Waals surface area contributed by atoms with Gasteiger partial charge in [-0.25, -0.2) is 0 Å². The first-order chi connectivity index (χ1) is 8.69. The molecule has 0 spiro atoms. The predicted octanol–water partition coefficient (Wildman–Crippen LogP) is 0.605. The molecule has 104 valence electrons. The van der Waals surface area contributed by atoms with Crippen LogP contribution >= 0.6 is 0 Å². The lowest BCUT2D eigenvalue weighted by Crippen LogP contribution is -2.43. The molecule has 0 fully saturated rings. The van der Waals surface area contributed by atoms with Gasteiger partial charge in [0.1, 0.15) is 0 Å². The van der Waals surface area contributed by atoms with Crippen molar-refractivity contribution in [2.45, 2.75) is 20.2 Å². The third kappa shape index (κ3) is 4.54. The summed E-state index contributed by atoms with van der Waals surface area (Å²) in [5.41, 5.74) is 0. The summed E-state index contributed by atoms with van der Waals surface area (Å²) in [6.45, 7) is 6.63. The zero-order chi connectivity index (χ0) is 13.4. The Bertz CT molecular complexity index is 283. The highest BCUT2D eigenvalue weighted by Crippen LogP contribution is 2.16. The Hall–Kier alpha value is -1.27. The van der Waals surface area contributed by atoms with Gasteiger partial charge < -0.3 is 24.0 Å². The minimum Gasteiger partial charge on any atom is -0.423 e. The van der Waals surface area contributed by atoms with E-state index in [-0.39, 0.29) is 12.3 Å². The Morgan fingerprint density at radius 2 is 1.94 bits per heavy atom. The van der Waals surface area contributed by atoms with Crippen LogP contribution in [0.4, 0.5) is 0 Å². The molecule has 0 saturated carbocycles. The maximum Gasteiger partial charge on any atom is 0.305 e. The molecule has 0 amide bonds. The van der Waals surface area contributed by atoms with Gasteiger partial charge in [-0.2, -0.15) is 0 Å². The van der Waals surface area contributed by atoms with Crippen LogP contribution in [0.1, 0.15) is 13.8 Å². The molecular weight excluding hydrogens is 236 g/mol. The van der Waals surface area contributed by atoms with Crippen LogP contribution in [0.15, 0.2) is 12.4 Å². The lowest BCUT2D eigenvalue weighted by Gasteiger charge is -2.30. The van der Waals surface area contributed by atoms with Crippen molar-refractivity contribution >= 4 is 5.97 Å². The van der Waals surface area contributed by atoms with Crippen molar-refractivity contribution in [3.05, 3.63) is 12.4 Å². The highest BCUT2D eigenvalue weighted by atomic mass is 16.6. The predicted molar refractivity (Wildman–Crippen MR) is 66.5 cm³/mol. The third-order valence-electron chi connectivity index (χ3n) is 2.58. The summed E-state index contributed by atoms with van der Waals surface area (Å²) in [5.74, 6) is -0.285. The molecular formula is C12H22N2O4. The van der Waals surface area contributed by atoms with Crippen molar-refractivity contribution < 1.29 is 19.0 Å². The smallest absolute Gasteiger partial charge is 0.305 e. The average Bonchev–Trinajstić information content (AvgIpc) is 2.71. The first-order valence-electron chi connectivity index (χ1n) is 6.12. The second kappa shape index (κ2) is 7.94. The summed E-state index contributed by atoms with van der Waals surface area (Å²) >= 11 is 0. The molecule has 1 unspecified atom stereocenters. The molecule has 1 aliphatic heterocycles. The molecule has 1 atom stereocenters. The molecule has 1 rings (SSSR count). The van der Waals surface area contributed by atoms with E-state index in [1.807, 2.05) is 29.1 Å². The number of methoxy groups -OCH3 is 1. The van der Waals surface area contributed by atoms with Gasteiger partial charge in [0.15, 0.2) is 0 Å². The van der Waals surface area contributed by atoms with E-state index >= 15 is 0 Å². The van der Waals surface area contributed by atoms with Crippen molar-refractivity contribution in [1.82, 2.24) is 9.80 Å². The molecule has 0 radical (unpaired) electrons. The quantitative estimate of drug-likeness (QED) is 0.469. The van der Waals surface area contributed by atoms with Gasteiger partial charge in [0.05, 0.1) is 19.8 Å². The summed E-state index contributed by atoms with van der Waals surface area (Å²) in [6, 6.07) is 0. The molecule has 0 bridgehead atoms. The molecule has 0 aromatic heterocycles. The Balaban J connectivity index is 2.33. The Labute approximate surface area is 108 Å². The number of ether oxygens (including phenoxy) is 3. The van der Waals surface area contributed by atoms with Gasteiger partial charge in [0, 0.05) is 39.5 Å². The van der Waals surface area contributed by atoms with E-state index in [2.05, 4.69) is 0 Å². The average molecular weight is 258 g/mol. The van der Waals surface area contributed by atoms with Crippen molar-refractivity contribution in [2.75, 3.05) is 40.0 Å². The fourth-order valence-electron chi connectivity index (χ4n) is 1.65. The van der Waals surface area contributed by atoms with Crippen molar-refractivity contribution in [3.8, 4) is 0 Å². The molecule has 0 aromatic carbocycles. The standard InChI is InChI=1S/C12H22N2O4/c1-4-13-5-6-14(12(13)18-11(2)15)7-8-17-10-9-16-3/h5-6,12H,4,7-10H2,1-3H3. The number of rotatable bonds is 8. The highest BCUT2D eigenvalue weighted by Gasteiger charge is 2.27. The van der Waals surface area contributed by atoms with E-state index in [9.17, 15) is 4.79 Å². The zero-order valence-corrected chi connectivity index (χ0v) is 11.3. The zero-order valence-electron chi connectivity index (χ0n) is 11.3. The van der Waals surface area contributed by atoms with Crippen molar-refractivity contribution in [3.63, 3.8) is 0 Å². The second-order valence-electron chi connectivity index (χ2n) is 3.91. The van der Waals surface area contributed by atoms with Crippen LogP contribution < -0.4 is 0 Å². The lowest BCUT2D eigenvalue weighted by molar-refractivity contribution is -0.166. The SMILES string of the molecule is CCN1C=CN(CCOCCOC)C1OC(C)=O. The number of carbonyl (C=O) groups is 1. The van der Waals surface area contributed by atoms with Crippen LogP contribution in [0, 0.1) is 0 Å². The van der Waals surface area contributed by atoms with Crippen molar-refractivity contribution in [1.29, 1.82) is 0 Å². The summed E-state index contributed by atoms with van der Waals surface area (Å²) in [4.78, 5) is 15.0. The van der Waals surface area contributed by atoms with E-state index in [1.165, 1.54) is 6.92 Å². The molecule has 0 aromatic rings. The van der Waals surface area contributed by atoms with Gasteiger partial charge in [-0.3, -0.25) is 4.79 Å². The first kappa shape index (κ1) is 14.8. The van der Waals surface area contributed by atoms with E-state index in [1.54, 1.807) is 7.11 Å². The van der Waals surface area contributed by atoms with Gasteiger partial charge >= 0.3 is 5.97 Å². The minimum absolute atomic E-state index is 0.285. The first-order valence-corrected chi connectivity index (χ1v) is 6.12. The molecule has 0 aliphatic carbocycles. The maximum atomic E-state index is 11.1.